The van der Waals surface area contributed by atoms with E-state index in [1.165, 1.54) is 11.1 Å². The fourth-order valence-corrected chi connectivity index (χ4v) is 1.71. The minimum Gasteiger partial charge on any atom is -0.249 e. The molecule has 14 heavy (non-hydrogen) atoms. The van der Waals surface area contributed by atoms with E-state index in [9.17, 15) is 0 Å². The maximum absolute atomic E-state index is 4.07. The van der Waals surface area contributed by atoms with Crippen molar-refractivity contribution >= 4 is 15.9 Å². The molecule has 0 aliphatic carbocycles. The first-order valence-electron chi connectivity index (χ1n) is 4.33. The number of hydrogen-bond donors (Lipinski definition) is 0. The zero-order valence-corrected chi connectivity index (χ0v) is 9.40. The Morgan fingerprint density at radius 2 is 2.29 bits per heavy atom. The van der Waals surface area contributed by atoms with Crippen LogP contribution in [-0.4, -0.2) is 14.8 Å². The lowest BCUT2D eigenvalue weighted by Crippen LogP contribution is -2.01. The largest absolute Gasteiger partial charge is 0.249 e. The summed E-state index contributed by atoms with van der Waals surface area (Å²) in [5.41, 5.74) is 2.52. The third-order valence-electron chi connectivity index (χ3n) is 2.11. The number of benzene rings is 1. The first kappa shape index (κ1) is 9.40. The molecule has 4 heteroatoms. The average Bonchev–Trinajstić information content (AvgIpc) is 2.64. The normalized spacial score (nSPS) is 10.4. The van der Waals surface area contributed by atoms with Crippen LogP contribution >= 0.6 is 15.9 Å². The van der Waals surface area contributed by atoms with Gasteiger partial charge in [-0.15, -0.1) is 0 Å². The van der Waals surface area contributed by atoms with Crippen LogP contribution in [0.4, 0.5) is 0 Å². The quantitative estimate of drug-likeness (QED) is 0.821. The van der Waals surface area contributed by atoms with Crippen LogP contribution in [0.25, 0.3) is 0 Å². The number of hydrogen-bond acceptors (Lipinski definition) is 2. The summed E-state index contributed by atoms with van der Waals surface area (Å²) >= 11 is 3.46. The highest BCUT2D eigenvalue weighted by molar-refractivity contribution is 9.10. The van der Waals surface area contributed by atoms with E-state index in [4.69, 9.17) is 0 Å². The van der Waals surface area contributed by atoms with Gasteiger partial charge in [-0.05, 0) is 30.2 Å². The summed E-state index contributed by atoms with van der Waals surface area (Å²) in [4.78, 5) is 3.91. The summed E-state index contributed by atoms with van der Waals surface area (Å²) in [6, 6.07) is 6.24. The first-order valence-corrected chi connectivity index (χ1v) is 5.12. The molecule has 1 heterocycles. The van der Waals surface area contributed by atoms with Gasteiger partial charge in [-0.2, -0.15) is 5.10 Å². The lowest BCUT2D eigenvalue weighted by molar-refractivity contribution is 0.682. The molecular formula is C10H10BrN3. The van der Waals surface area contributed by atoms with Crippen molar-refractivity contribution in [1.82, 2.24) is 14.8 Å². The molecule has 3 nitrogen and oxygen atoms in total. The van der Waals surface area contributed by atoms with Gasteiger partial charge >= 0.3 is 0 Å². The minimum absolute atomic E-state index is 0.769. The van der Waals surface area contributed by atoms with Gasteiger partial charge in [0.25, 0.3) is 0 Å². The van der Waals surface area contributed by atoms with Crippen molar-refractivity contribution in [2.45, 2.75) is 13.5 Å². The molecule has 72 valence electrons. The zero-order valence-electron chi connectivity index (χ0n) is 7.81. The van der Waals surface area contributed by atoms with Crippen LogP contribution < -0.4 is 0 Å². The predicted octanol–water partition coefficient (Wildman–Crippen LogP) is 2.40. The van der Waals surface area contributed by atoms with Gasteiger partial charge in [0.1, 0.15) is 12.7 Å². The standard InChI is InChI=1S/C10H10BrN3/c1-8-2-3-10(11)4-9(8)5-14-7-12-6-13-14/h2-4,6-7H,5H2,1H3. The molecule has 0 bridgehead atoms. The van der Waals surface area contributed by atoms with Crippen molar-refractivity contribution < 1.29 is 0 Å². The molecule has 0 atom stereocenters. The molecule has 0 saturated carbocycles. The van der Waals surface area contributed by atoms with E-state index in [2.05, 4.69) is 45.1 Å². The van der Waals surface area contributed by atoms with Crippen LogP contribution in [0.2, 0.25) is 0 Å². The molecule has 0 radical (unpaired) electrons. The van der Waals surface area contributed by atoms with Gasteiger partial charge in [-0.1, -0.05) is 22.0 Å². The van der Waals surface area contributed by atoms with Crippen LogP contribution in [0.3, 0.4) is 0 Å². The molecule has 2 rings (SSSR count). The van der Waals surface area contributed by atoms with Gasteiger partial charge in [0.15, 0.2) is 0 Å². The van der Waals surface area contributed by atoms with E-state index in [0.717, 1.165) is 11.0 Å². The Morgan fingerprint density at radius 3 is 3.00 bits per heavy atom. The molecule has 1 aromatic heterocycles. The monoisotopic (exact) mass is 251 g/mol. The smallest absolute Gasteiger partial charge is 0.137 e. The Labute approximate surface area is 90.9 Å². The Bertz CT molecular complexity index is 423. The third kappa shape index (κ3) is 2.01. The van der Waals surface area contributed by atoms with E-state index >= 15 is 0 Å². The van der Waals surface area contributed by atoms with Crippen LogP contribution in [0, 0.1) is 6.92 Å². The second-order valence-corrected chi connectivity index (χ2v) is 4.08. The third-order valence-corrected chi connectivity index (χ3v) is 2.60. The van der Waals surface area contributed by atoms with Crippen molar-refractivity contribution in [3.8, 4) is 0 Å². The molecule has 0 fully saturated rings. The molecule has 0 aliphatic rings. The van der Waals surface area contributed by atoms with Crippen molar-refractivity contribution in [2.24, 2.45) is 0 Å². The van der Waals surface area contributed by atoms with Crippen molar-refractivity contribution in [1.29, 1.82) is 0 Å². The van der Waals surface area contributed by atoms with Gasteiger partial charge in [0.2, 0.25) is 0 Å². The number of rotatable bonds is 2. The summed E-state index contributed by atoms with van der Waals surface area (Å²) in [5, 5.41) is 4.07. The zero-order chi connectivity index (χ0) is 9.97. The molecule has 0 N–H and O–H groups in total. The van der Waals surface area contributed by atoms with E-state index in [1.54, 1.807) is 12.7 Å². The van der Waals surface area contributed by atoms with Crippen LogP contribution in [-0.2, 0) is 6.54 Å². The topological polar surface area (TPSA) is 30.7 Å². The first-order chi connectivity index (χ1) is 6.75. The van der Waals surface area contributed by atoms with Gasteiger partial charge in [-0.25, -0.2) is 9.67 Å². The number of aromatic nitrogens is 3. The fourth-order valence-electron chi connectivity index (χ4n) is 1.30. The maximum Gasteiger partial charge on any atom is 0.137 e. The number of nitrogens with zero attached hydrogens (tertiary/aromatic N) is 3. The van der Waals surface area contributed by atoms with E-state index in [1.807, 2.05) is 10.7 Å². The van der Waals surface area contributed by atoms with Gasteiger partial charge < -0.3 is 0 Å². The SMILES string of the molecule is Cc1ccc(Br)cc1Cn1cncn1. The highest BCUT2D eigenvalue weighted by Crippen LogP contribution is 2.16. The van der Waals surface area contributed by atoms with Crippen molar-refractivity contribution in [3.63, 3.8) is 0 Å². The Balaban J connectivity index is 2.28. The summed E-state index contributed by atoms with van der Waals surface area (Å²) in [6.45, 7) is 2.87. The second kappa shape index (κ2) is 3.92. The summed E-state index contributed by atoms with van der Waals surface area (Å²) in [7, 11) is 0. The lowest BCUT2D eigenvalue weighted by Gasteiger charge is -2.05. The number of halogens is 1. The predicted molar refractivity (Wildman–Crippen MR) is 58.0 cm³/mol. The van der Waals surface area contributed by atoms with E-state index in [0.29, 0.717) is 0 Å². The summed E-state index contributed by atoms with van der Waals surface area (Å²) in [5.74, 6) is 0. The van der Waals surface area contributed by atoms with E-state index < -0.39 is 0 Å². The molecule has 0 amide bonds. The Morgan fingerprint density at radius 1 is 1.43 bits per heavy atom. The summed E-state index contributed by atoms with van der Waals surface area (Å²) < 4.78 is 2.91. The van der Waals surface area contributed by atoms with Crippen molar-refractivity contribution in [3.05, 3.63) is 46.5 Å². The molecule has 0 spiro atoms. The molecule has 0 aliphatic heterocycles. The Kier molecular flexibility index (Phi) is 2.63. The van der Waals surface area contributed by atoms with Crippen LogP contribution in [0.5, 0.6) is 0 Å². The van der Waals surface area contributed by atoms with Crippen LogP contribution in [0.15, 0.2) is 35.3 Å². The fraction of sp³-hybridized carbons (Fsp3) is 0.200. The summed E-state index contributed by atoms with van der Waals surface area (Å²) in [6.07, 6.45) is 3.27. The average molecular weight is 252 g/mol. The Hall–Kier alpha value is -1.16. The highest BCUT2D eigenvalue weighted by atomic mass is 79.9. The van der Waals surface area contributed by atoms with Crippen molar-refractivity contribution in [2.75, 3.05) is 0 Å². The molecular weight excluding hydrogens is 242 g/mol. The lowest BCUT2D eigenvalue weighted by atomic mass is 10.1. The highest BCUT2D eigenvalue weighted by Gasteiger charge is 2.00. The molecule has 0 unspecified atom stereocenters. The van der Waals surface area contributed by atoms with Gasteiger partial charge in [0.05, 0.1) is 6.54 Å². The van der Waals surface area contributed by atoms with Crippen LogP contribution in [0.1, 0.15) is 11.1 Å². The van der Waals surface area contributed by atoms with Gasteiger partial charge in [-0.3, -0.25) is 0 Å². The minimum atomic E-state index is 0.769. The molecule has 1 aromatic carbocycles. The van der Waals surface area contributed by atoms with E-state index in [-0.39, 0.29) is 0 Å². The van der Waals surface area contributed by atoms with Gasteiger partial charge in [0, 0.05) is 4.47 Å². The number of aryl methyl sites for hydroxylation is 1. The maximum atomic E-state index is 4.07. The molecule has 2 aromatic rings. The second-order valence-electron chi connectivity index (χ2n) is 3.16. The molecule has 0 saturated heterocycles.